The third kappa shape index (κ3) is 5.13. The second kappa shape index (κ2) is 9.24. The van der Waals surface area contributed by atoms with Crippen LogP contribution >= 0.6 is 0 Å². The lowest BCUT2D eigenvalue weighted by molar-refractivity contribution is 0.0954. The molecule has 1 aliphatic heterocycles. The van der Waals surface area contributed by atoms with E-state index in [1.54, 1.807) is 12.3 Å². The summed E-state index contributed by atoms with van der Waals surface area (Å²) in [5.41, 5.74) is 4.03. The van der Waals surface area contributed by atoms with Crippen LogP contribution in [0.1, 0.15) is 28.8 Å². The van der Waals surface area contributed by atoms with Gasteiger partial charge in [0.15, 0.2) is 0 Å². The number of carbonyl (C=O) groups excluding carboxylic acids is 1. The quantitative estimate of drug-likeness (QED) is 0.632. The molecule has 5 heteroatoms. The number of aromatic nitrogens is 1. The summed E-state index contributed by atoms with van der Waals surface area (Å²) in [6.45, 7) is 2.89. The first-order valence-electron chi connectivity index (χ1n) is 10.2. The molecular formula is C24H26N4O. The Bertz CT molecular complexity index is 917. The zero-order valence-corrected chi connectivity index (χ0v) is 16.5. The van der Waals surface area contributed by atoms with Crippen LogP contribution in [-0.4, -0.2) is 30.5 Å². The third-order valence-electron chi connectivity index (χ3n) is 5.18. The average Bonchev–Trinajstić information content (AvgIpc) is 3.30. The zero-order valence-electron chi connectivity index (χ0n) is 16.5. The van der Waals surface area contributed by atoms with Gasteiger partial charge in [0.2, 0.25) is 0 Å². The molecule has 2 N–H and O–H groups in total. The highest BCUT2D eigenvalue weighted by atomic mass is 16.1. The van der Waals surface area contributed by atoms with Crippen molar-refractivity contribution in [2.75, 3.05) is 29.9 Å². The average molecular weight is 386 g/mol. The van der Waals surface area contributed by atoms with E-state index >= 15 is 0 Å². The Balaban J connectivity index is 1.28. The molecule has 29 heavy (non-hydrogen) atoms. The Labute approximate surface area is 171 Å². The number of hydrogen-bond donors (Lipinski definition) is 2. The predicted octanol–water partition coefficient (Wildman–Crippen LogP) is 4.40. The van der Waals surface area contributed by atoms with Crippen molar-refractivity contribution in [1.82, 2.24) is 10.3 Å². The molecule has 0 aliphatic carbocycles. The second-order valence-corrected chi connectivity index (χ2v) is 7.29. The summed E-state index contributed by atoms with van der Waals surface area (Å²) in [6.07, 6.45) is 4.97. The zero-order chi connectivity index (χ0) is 19.9. The molecule has 1 saturated heterocycles. The molecule has 1 amide bonds. The van der Waals surface area contributed by atoms with Crippen LogP contribution in [0, 0.1) is 0 Å². The number of rotatable bonds is 7. The topological polar surface area (TPSA) is 57.3 Å². The number of nitrogens with zero attached hydrogens (tertiary/aromatic N) is 2. The number of amides is 1. The van der Waals surface area contributed by atoms with Crippen LogP contribution in [0.25, 0.3) is 0 Å². The van der Waals surface area contributed by atoms with E-state index in [1.807, 2.05) is 24.3 Å². The van der Waals surface area contributed by atoms with Crippen molar-refractivity contribution in [2.45, 2.75) is 19.3 Å². The largest absolute Gasteiger partial charge is 0.372 e. The highest BCUT2D eigenvalue weighted by Crippen LogP contribution is 2.23. The fourth-order valence-electron chi connectivity index (χ4n) is 3.55. The number of benzene rings is 2. The van der Waals surface area contributed by atoms with Crippen LogP contribution in [0.3, 0.4) is 0 Å². The molecule has 3 aromatic rings. The number of nitrogens with one attached hydrogen (secondary N) is 2. The molecular weight excluding hydrogens is 360 g/mol. The van der Waals surface area contributed by atoms with E-state index in [0.29, 0.717) is 12.1 Å². The SMILES string of the molecule is O=C(NCCc1ccccc1)c1ccc(Nc2ccc(N3CCCC3)cc2)nc1. The van der Waals surface area contributed by atoms with Crippen molar-refractivity contribution < 1.29 is 4.79 Å². The molecule has 4 rings (SSSR count). The molecule has 0 bridgehead atoms. The molecule has 0 spiro atoms. The minimum absolute atomic E-state index is 0.102. The van der Waals surface area contributed by atoms with Crippen LogP contribution in [0.15, 0.2) is 72.9 Å². The number of pyridine rings is 1. The lowest BCUT2D eigenvalue weighted by atomic mass is 10.1. The van der Waals surface area contributed by atoms with E-state index in [4.69, 9.17) is 0 Å². The summed E-state index contributed by atoms with van der Waals surface area (Å²) >= 11 is 0. The standard InChI is InChI=1S/C24H26N4O/c29-24(25-15-14-19-6-2-1-3-7-19)20-8-13-23(26-18-20)27-21-9-11-22(12-10-21)28-16-4-5-17-28/h1-3,6-13,18H,4-5,14-17H2,(H,25,29)(H,26,27). The highest BCUT2D eigenvalue weighted by Gasteiger charge is 2.12. The Hall–Kier alpha value is -3.34. The van der Waals surface area contributed by atoms with Crippen LogP contribution in [-0.2, 0) is 6.42 Å². The molecule has 148 valence electrons. The first-order valence-corrected chi connectivity index (χ1v) is 10.2. The Morgan fingerprint density at radius 2 is 1.69 bits per heavy atom. The Morgan fingerprint density at radius 1 is 0.931 bits per heavy atom. The van der Waals surface area contributed by atoms with Crippen molar-refractivity contribution in [3.8, 4) is 0 Å². The van der Waals surface area contributed by atoms with Crippen molar-refractivity contribution in [2.24, 2.45) is 0 Å². The highest BCUT2D eigenvalue weighted by molar-refractivity contribution is 5.94. The van der Waals surface area contributed by atoms with Crippen LogP contribution in [0.5, 0.6) is 0 Å². The van der Waals surface area contributed by atoms with Gasteiger partial charge >= 0.3 is 0 Å². The lowest BCUT2D eigenvalue weighted by Crippen LogP contribution is -2.25. The van der Waals surface area contributed by atoms with E-state index in [1.165, 1.54) is 24.1 Å². The number of anilines is 3. The van der Waals surface area contributed by atoms with Crippen molar-refractivity contribution in [3.05, 3.63) is 84.1 Å². The van der Waals surface area contributed by atoms with Gasteiger partial charge in [0.1, 0.15) is 5.82 Å². The second-order valence-electron chi connectivity index (χ2n) is 7.29. The van der Waals surface area contributed by atoms with Gasteiger partial charge in [0, 0.05) is 37.2 Å². The van der Waals surface area contributed by atoms with Gasteiger partial charge in [0.25, 0.3) is 5.91 Å². The van der Waals surface area contributed by atoms with E-state index in [-0.39, 0.29) is 5.91 Å². The maximum absolute atomic E-state index is 12.3. The molecule has 1 aromatic heterocycles. The fourth-order valence-corrected chi connectivity index (χ4v) is 3.55. The Morgan fingerprint density at radius 3 is 2.38 bits per heavy atom. The summed E-state index contributed by atoms with van der Waals surface area (Å²) in [5.74, 6) is 0.620. The first-order chi connectivity index (χ1) is 14.3. The monoisotopic (exact) mass is 386 g/mol. The van der Waals surface area contributed by atoms with Gasteiger partial charge in [-0.05, 0) is 61.2 Å². The van der Waals surface area contributed by atoms with Crippen molar-refractivity contribution >= 4 is 23.1 Å². The van der Waals surface area contributed by atoms with E-state index in [2.05, 4.69) is 56.9 Å². The number of hydrogen-bond acceptors (Lipinski definition) is 4. The van der Waals surface area contributed by atoms with Gasteiger partial charge < -0.3 is 15.5 Å². The summed E-state index contributed by atoms with van der Waals surface area (Å²) < 4.78 is 0. The summed E-state index contributed by atoms with van der Waals surface area (Å²) in [4.78, 5) is 19.1. The third-order valence-corrected chi connectivity index (χ3v) is 5.18. The van der Waals surface area contributed by atoms with Gasteiger partial charge in [-0.15, -0.1) is 0 Å². The normalized spacial score (nSPS) is 13.3. The van der Waals surface area contributed by atoms with E-state index in [0.717, 1.165) is 31.0 Å². The van der Waals surface area contributed by atoms with Crippen molar-refractivity contribution in [3.63, 3.8) is 0 Å². The van der Waals surface area contributed by atoms with Gasteiger partial charge in [-0.1, -0.05) is 30.3 Å². The van der Waals surface area contributed by atoms with E-state index in [9.17, 15) is 4.79 Å². The van der Waals surface area contributed by atoms with Gasteiger partial charge in [-0.25, -0.2) is 4.98 Å². The fraction of sp³-hybridized carbons (Fsp3) is 0.250. The minimum atomic E-state index is -0.102. The Kier molecular flexibility index (Phi) is 6.05. The van der Waals surface area contributed by atoms with E-state index < -0.39 is 0 Å². The molecule has 2 heterocycles. The van der Waals surface area contributed by atoms with Crippen LogP contribution < -0.4 is 15.5 Å². The maximum Gasteiger partial charge on any atom is 0.252 e. The minimum Gasteiger partial charge on any atom is -0.372 e. The van der Waals surface area contributed by atoms with Crippen molar-refractivity contribution in [1.29, 1.82) is 0 Å². The van der Waals surface area contributed by atoms with Crippen LogP contribution in [0.4, 0.5) is 17.2 Å². The smallest absolute Gasteiger partial charge is 0.252 e. The summed E-state index contributed by atoms with van der Waals surface area (Å²) in [6, 6.07) is 22.2. The van der Waals surface area contributed by atoms with Gasteiger partial charge in [-0.2, -0.15) is 0 Å². The molecule has 2 aromatic carbocycles. The van der Waals surface area contributed by atoms with Gasteiger partial charge in [0.05, 0.1) is 5.56 Å². The molecule has 5 nitrogen and oxygen atoms in total. The molecule has 0 unspecified atom stereocenters. The molecule has 0 atom stereocenters. The van der Waals surface area contributed by atoms with Crippen LogP contribution in [0.2, 0.25) is 0 Å². The summed E-state index contributed by atoms with van der Waals surface area (Å²) in [5, 5.41) is 6.24. The molecule has 0 radical (unpaired) electrons. The lowest BCUT2D eigenvalue weighted by Gasteiger charge is -2.17. The maximum atomic E-state index is 12.3. The number of carbonyl (C=O) groups is 1. The predicted molar refractivity (Wildman–Crippen MR) is 118 cm³/mol. The molecule has 0 saturated carbocycles. The van der Waals surface area contributed by atoms with Gasteiger partial charge in [-0.3, -0.25) is 4.79 Å². The molecule has 1 aliphatic rings. The summed E-state index contributed by atoms with van der Waals surface area (Å²) in [7, 11) is 0. The first kappa shape index (κ1) is 19.0. The molecule has 1 fully saturated rings.